The first kappa shape index (κ1) is 18.9. The number of ether oxygens (including phenoxy) is 1. The predicted octanol–water partition coefficient (Wildman–Crippen LogP) is 3.88. The Hall–Kier alpha value is -2.92. The number of benzene rings is 2. The van der Waals surface area contributed by atoms with E-state index in [2.05, 4.69) is 0 Å². The van der Waals surface area contributed by atoms with E-state index >= 15 is 0 Å². The molecule has 0 aliphatic rings. The van der Waals surface area contributed by atoms with Gasteiger partial charge < -0.3 is 14.4 Å². The van der Waals surface area contributed by atoms with Crippen molar-refractivity contribution in [1.82, 2.24) is 9.55 Å². The Labute approximate surface area is 159 Å². The van der Waals surface area contributed by atoms with Gasteiger partial charge in [-0.05, 0) is 13.8 Å². The van der Waals surface area contributed by atoms with Crippen LogP contribution < -0.4 is 0 Å². The standard InChI is InChI=1S/C22H24N2O3/c1-3-24-20(17-13-9-6-10-14-17)19(16-11-7-5-8-12-16)23-21(24)18(15-25)22(26)27-4-2/h5-14,18,25H,3-4,15H2,1-2H3. The maximum absolute atomic E-state index is 12.4. The average Bonchev–Trinajstić information content (AvgIpc) is 3.09. The first-order valence-electron chi connectivity index (χ1n) is 9.19. The third-order valence-electron chi connectivity index (χ3n) is 4.47. The SMILES string of the molecule is CCOC(=O)C(CO)c1nc(-c2ccccc2)c(-c2ccccc2)n1CC. The van der Waals surface area contributed by atoms with Crippen molar-refractivity contribution >= 4 is 5.97 Å². The molecule has 0 amide bonds. The summed E-state index contributed by atoms with van der Waals surface area (Å²) in [5, 5.41) is 9.88. The highest BCUT2D eigenvalue weighted by Crippen LogP contribution is 2.35. The molecule has 0 aliphatic carbocycles. The molecule has 3 aromatic rings. The normalized spacial score (nSPS) is 12.0. The van der Waals surface area contributed by atoms with Gasteiger partial charge in [-0.3, -0.25) is 4.79 Å². The van der Waals surface area contributed by atoms with Crippen molar-refractivity contribution in [2.24, 2.45) is 0 Å². The number of carbonyl (C=O) groups excluding carboxylic acids is 1. The lowest BCUT2D eigenvalue weighted by Gasteiger charge is -2.16. The van der Waals surface area contributed by atoms with Crippen LogP contribution in [0.15, 0.2) is 60.7 Å². The Bertz CT molecular complexity index is 889. The van der Waals surface area contributed by atoms with E-state index in [-0.39, 0.29) is 13.2 Å². The minimum atomic E-state index is -0.815. The molecule has 140 valence electrons. The summed E-state index contributed by atoms with van der Waals surface area (Å²) in [6, 6.07) is 19.8. The van der Waals surface area contributed by atoms with Crippen LogP contribution in [0, 0.1) is 0 Å². The smallest absolute Gasteiger partial charge is 0.318 e. The number of carbonyl (C=O) groups is 1. The van der Waals surface area contributed by atoms with Gasteiger partial charge in [0.15, 0.2) is 0 Å². The van der Waals surface area contributed by atoms with Gasteiger partial charge in [-0.25, -0.2) is 4.98 Å². The number of aromatic nitrogens is 2. The lowest BCUT2D eigenvalue weighted by atomic mass is 10.0. The fourth-order valence-corrected chi connectivity index (χ4v) is 3.25. The van der Waals surface area contributed by atoms with Gasteiger partial charge in [0.05, 0.1) is 24.6 Å². The summed E-state index contributed by atoms with van der Waals surface area (Å²) in [6.07, 6.45) is 0. The maximum atomic E-state index is 12.4. The fraction of sp³-hybridized carbons (Fsp3) is 0.273. The van der Waals surface area contributed by atoms with Crippen LogP contribution >= 0.6 is 0 Å². The van der Waals surface area contributed by atoms with Gasteiger partial charge in [-0.1, -0.05) is 60.7 Å². The van der Waals surface area contributed by atoms with E-state index in [1.54, 1.807) is 6.92 Å². The Balaban J connectivity index is 2.24. The van der Waals surface area contributed by atoms with Crippen molar-refractivity contribution in [3.63, 3.8) is 0 Å². The number of aliphatic hydroxyl groups is 1. The third-order valence-corrected chi connectivity index (χ3v) is 4.47. The molecular weight excluding hydrogens is 340 g/mol. The summed E-state index contributed by atoms with van der Waals surface area (Å²) in [7, 11) is 0. The monoisotopic (exact) mass is 364 g/mol. The van der Waals surface area contributed by atoms with Crippen LogP contribution in [0.3, 0.4) is 0 Å². The van der Waals surface area contributed by atoms with Crippen LogP contribution in [0.2, 0.25) is 0 Å². The number of esters is 1. The molecular formula is C22H24N2O3. The average molecular weight is 364 g/mol. The van der Waals surface area contributed by atoms with Crippen LogP contribution in [-0.2, 0) is 16.1 Å². The van der Waals surface area contributed by atoms with Crippen LogP contribution in [-0.4, -0.2) is 33.8 Å². The first-order valence-corrected chi connectivity index (χ1v) is 9.19. The molecule has 1 aromatic heterocycles. The molecule has 0 aliphatic heterocycles. The minimum Gasteiger partial charge on any atom is -0.465 e. The van der Waals surface area contributed by atoms with Crippen LogP contribution in [0.5, 0.6) is 0 Å². The number of hydrogen-bond donors (Lipinski definition) is 1. The molecule has 0 radical (unpaired) electrons. The number of nitrogens with zero attached hydrogens (tertiary/aromatic N) is 2. The Kier molecular flexibility index (Phi) is 6.04. The van der Waals surface area contributed by atoms with E-state index < -0.39 is 11.9 Å². The van der Waals surface area contributed by atoms with Gasteiger partial charge in [0.1, 0.15) is 11.7 Å². The highest BCUT2D eigenvalue weighted by molar-refractivity contribution is 5.82. The number of hydrogen-bond acceptors (Lipinski definition) is 4. The third kappa shape index (κ3) is 3.78. The van der Waals surface area contributed by atoms with Crippen LogP contribution in [0.1, 0.15) is 25.6 Å². The zero-order valence-corrected chi connectivity index (χ0v) is 15.6. The maximum Gasteiger partial charge on any atom is 0.318 e. The summed E-state index contributed by atoms with van der Waals surface area (Å²) in [5.41, 5.74) is 3.70. The molecule has 1 atom stereocenters. The molecule has 2 aromatic carbocycles. The van der Waals surface area contributed by atoms with Crippen molar-refractivity contribution in [2.45, 2.75) is 26.3 Å². The van der Waals surface area contributed by atoms with E-state index in [1.807, 2.05) is 72.2 Å². The van der Waals surface area contributed by atoms with Gasteiger partial charge in [0, 0.05) is 17.7 Å². The van der Waals surface area contributed by atoms with Crippen LogP contribution in [0.25, 0.3) is 22.5 Å². The van der Waals surface area contributed by atoms with Gasteiger partial charge in [-0.15, -0.1) is 0 Å². The van der Waals surface area contributed by atoms with Crippen molar-refractivity contribution in [3.05, 3.63) is 66.5 Å². The topological polar surface area (TPSA) is 64.3 Å². The predicted molar refractivity (Wildman–Crippen MR) is 105 cm³/mol. The Morgan fingerprint density at radius 2 is 1.63 bits per heavy atom. The summed E-state index contributed by atoms with van der Waals surface area (Å²) in [6.45, 7) is 4.29. The van der Waals surface area contributed by atoms with Crippen molar-refractivity contribution in [2.75, 3.05) is 13.2 Å². The molecule has 1 heterocycles. The molecule has 0 bridgehead atoms. The van der Waals surface area contributed by atoms with Gasteiger partial charge in [-0.2, -0.15) is 0 Å². The van der Waals surface area contributed by atoms with Gasteiger partial charge >= 0.3 is 5.97 Å². The second-order valence-corrected chi connectivity index (χ2v) is 6.13. The Morgan fingerprint density at radius 1 is 1.04 bits per heavy atom. The number of aliphatic hydroxyl groups excluding tert-OH is 1. The minimum absolute atomic E-state index is 0.263. The summed E-state index contributed by atoms with van der Waals surface area (Å²) in [4.78, 5) is 17.2. The number of rotatable bonds is 7. The van der Waals surface area contributed by atoms with Crippen LogP contribution in [0.4, 0.5) is 0 Å². The van der Waals surface area contributed by atoms with E-state index in [4.69, 9.17) is 9.72 Å². The molecule has 0 saturated heterocycles. The molecule has 0 fully saturated rings. The van der Waals surface area contributed by atoms with Crippen molar-refractivity contribution in [1.29, 1.82) is 0 Å². The Morgan fingerprint density at radius 3 is 2.15 bits per heavy atom. The van der Waals surface area contributed by atoms with Gasteiger partial charge in [0.25, 0.3) is 0 Å². The largest absolute Gasteiger partial charge is 0.465 e. The fourth-order valence-electron chi connectivity index (χ4n) is 3.25. The molecule has 1 unspecified atom stereocenters. The molecule has 1 N–H and O–H groups in total. The van der Waals surface area contributed by atoms with E-state index in [1.165, 1.54) is 0 Å². The lowest BCUT2D eigenvalue weighted by Crippen LogP contribution is -2.23. The van der Waals surface area contributed by atoms with E-state index in [0.717, 1.165) is 22.5 Å². The first-order chi connectivity index (χ1) is 13.2. The van der Waals surface area contributed by atoms with Gasteiger partial charge in [0.2, 0.25) is 0 Å². The van der Waals surface area contributed by atoms with E-state index in [9.17, 15) is 9.90 Å². The quantitative estimate of drug-likeness (QED) is 0.646. The molecule has 5 heteroatoms. The van der Waals surface area contributed by atoms with E-state index in [0.29, 0.717) is 12.4 Å². The summed E-state index contributed by atoms with van der Waals surface area (Å²) in [5.74, 6) is -0.750. The highest BCUT2D eigenvalue weighted by Gasteiger charge is 2.30. The summed E-state index contributed by atoms with van der Waals surface area (Å²) < 4.78 is 7.15. The molecule has 3 rings (SSSR count). The second-order valence-electron chi connectivity index (χ2n) is 6.13. The zero-order chi connectivity index (χ0) is 19.2. The molecule has 5 nitrogen and oxygen atoms in total. The lowest BCUT2D eigenvalue weighted by molar-refractivity contribution is -0.146. The molecule has 27 heavy (non-hydrogen) atoms. The zero-order valence-electron chi connectivity index (χ0n) is 15.6. The second kappa shape index (κ2) is 8.64. The molecule has 0 saturated carbocycles. The van der Waals surface area contributed by atoms with Crippen molar-refractivity contribution < 1.29 is 14.6 Å². The highest BCUT2D eigenvalue weighted by atomic mass is 16.5. The van der Waals surface area contributed by atoms with Crippen molar-refractivity contribution in [3.8, 4) is 22.5 Å². The number of imidazole rings is 1. The molecule has 0 spiro atoms. The summed E-state index contributed by atoms with van der Waals surface area (Å²) >= 11 is 0.